The van der Waals surface area contributed by atoms with Gasteiger partial charge >= 0.3 is 5.97 Å². The summed E-state index contributed by atoms with van der Waals surface area (Å²) in [6.07, 6.45) is 9.48. The molecule has 0 saturated carbocycles. The number of esters is 1. The number of rotatable bonds is 15. The fraction of sp³-hybridized carbons (Fsp3) is 0.552. The molecule has 0 aromatic heterocycles. The van der Waals surface area contributed by atoms with Crippen LogP contribution in [-0.2, 0) is 4.74 Å². The van der Waals surface area contributed by atoms with E-state index in [0.717, 1.165) is 42.2 Å². The third kappa shape index (κ3) is 9.89. The van der Waals surface area contributed by atoms with E-state index in [1.165, 1.54) is 38.5 Å². The highest BCUT2D eigenvalue weighted by molar-refractivity contribution is 5.90. The van der Waals surface area contributed by atoms with Gasteiger partial charge in [0.1, 0.15) is 5.75 Å². The van der Waals surface area contributed by atoms with Crippen LogP contribution >= 0.6 is 0 Å². The zero-order valence-corrected chi connectivity index (χ0v) is 20.6. The quantitative estimate of drug-likeness (QED) is 0.207. The minimum Gasteiger partial charge on any atom is -0.494 e. The first-order chi connectivity index (χ1) is 15.5. The first kappa shape index (κ1) is 26.0. The summed E-state index contributed by atoms with van der Waals surface area (Å²) >= 11 is 0. The maximum atomic E-state index is 12.3. The molecule has 0 saturated heterocycles. The first-order valence-corrected chi connectivity index (χ1v) is 12.5. The summed E-state index contributed by atoms with van der Waals surface area (Å²) < 4.78 is 11.3. The van der Waals surface area contributed by atoms with Crippen molar-refractivity contribution in [3.63, 3.8) is 0 Å². The minimum absolute atomic E-state index is 0.238. The van der Waals surface area contributed by atoms with Crippen LogP contribution in [0.25, 0.3) is 11.1 Å². The molecule has 3 nitrogen and oxygen atoms in total. The van der Waals surface area contributed by atoms with Crippen molar-refractivity contribution in [2.24, 2.45) is 11.8 Å². The fourth-order valence-electron chi connectivity index (χ4n) is 3.72. The van der Waals surface area contributed by atoms with Crippen LogP contribution in [0.4, 0.5) is 0 Å². The van der Waals surface area contributed by atoms with Gasteiger partial charge in [0.25, 0.3) is 0 Å². The van der Waals surface area contributed by atoms with E-state index in [1.54, 1.807) is 0 Å². The van der Waals surface area contributed by atoms with E-state index in [-0.39, 0.29) is 5.97 Å². The molecule has 0 aliphatic carbocycles. The second kappa shape index (κ2) is 14.7. The summed E-state index contributed by atoms with van der Waals surface area (Å²) in [4.78, 5) is 12.3. The van der Waals surface area contributed by atoms with Crippen LogP contribution in [0.1, 0.15) is 89.4 Å². The predicted octanol–water partition coefficient (Wildman–Crippen LogP) is 8.32. The Labute approximate surface area is 195 Å². The van der Waals surface area contributed by atoms with E-state index in [4.69, 9.17) is 9.47 Å². The van der Waals surface area contributed by atoms with Crippen molar-refractivity contribution in [3.05, 3.63) is 54.1 Å². The molecular formula is C29H42O3. The second-order valence-electron chi connectivity index (χ2n) is 9.37. The van der Waals surface area contributed by atoms with Gasteiger partial charge in [-0.1, -0.05) is 90.5 Å². The van der Waals surface area contributed by atoms with E-state index in [2.05, 4.69) is 39.8 Å². The number of benzene rings is 2. The van der Waals surface area contributed by atoms with E-state index in [0.29, 0.717) is 18.1 Å². The lowest BCUT2D eigenvalue weighted by Gasteiger charge is -2.12. The summed E-state index contributed by atoms with van der Waals surface area (Å²) in [6, 6.07) is 15.8. The Morgan fingerprint density at radius 1 is 0.750 bits per heavy atom. The summed E-state index contributed by atoms with van der Waals surface area (Å²) in [5, 5.41) is 0. The van der Waals surface area contributed by atoms with Gasteiger partial charge in [0.05, 0.1) is 18.8 Å². The third-order valence-corrected chi connectivity index (χ3v) is 5.90. The Kier molecular flexibility index (Phi) is 11.9. The molecule has 0 aliphatic rings. The SMILES string of the molecule is CCCCCCOc1ccc(-c2ccc(C(=O)OCCC(C)CCCC(C)C)cc2)cc1. The summed E-state index contributed by atoms with van der Waals surface area (Å²) in [5.41, 5.74) is 2.79. The Bertz CT molecular complexity index is 762. The Morgan fingerprint density at radius 3 is 2.03 bits per heavy atom. The maximum absolute atomic E-state index is 12.3. The van der Waals surface area contributed by atoms with Crippen molar-refractivity contribution in [1.29, 1.82) is 0 Å². The van der Waals surface area contributed by atoms with Crippen molar-refractivity contribution in [1.82, 2.24) is 0 Å². The van der Waals surface area contributed by atoms with E-state index < -0.39 is 0 Å². The van der Waals surface area contributed by atoms with Crippen LogP contribution in [-0.4, -0.2) is 19.2 Å². The second-order valence-corrected chi connectivity index (χ2v) is 9.37. The standard InChI is InChI=1S/C29H42O3/c1-5-6-7-8-21-31-28-18-16-26(17-19-28)25-12-14-27(15-13-25)29(30)32-22-20-24(4)11-9-10-23(2)3/h12-19,23-24H,5-11,20-22H2,1-4H3. The molecule has 0 heterocycles. The molecule has 0 spiro atoms. The Hall–Kier alpha value is -2.29. The topological polar surface area (TPSA) is 35.5 Å². The highest BCUT2D eigenvalue weighted by atomic mass is 16.5. The average molecular weight is 439 g/mol. The van der Waals surface area contributed by atoms with Crippen LogP contribution < -0.4 is 4.74 Å². The largest absolute Gasteiger partial charge is 0.494 e. The predicted molar refractivity (Wildman–Crippen MR) is 134 cm³/mol. The molecule has 0 N–H and O–H groups in total. The molecular weight excluding hydrogens is 396 g/mol. The van der Waals surface area contributed by atoms with Crippen molar-refractivity contribution in [2.75, 3.05) is 13.2 Å². The van der Waals surface area contributed by atoms with Crippen molar-refractivity contribution < 1.29 is 14.3 Å². The number of carbonyl (C=O) groups is 1. The number of ether oxygens (including phenoxy) is 2. The van der Waals surface area contributed by atoms with Crippen LogP contribution in [0.15, 0.2) is 48.5 Å². The van der Waals surface area contributed by atoms with Crippen molar-refractivity contribution >= 4 is 5.97 Å². The third-order valence-electron chi connectivity index (χ3n) is 5.90. The molecule has 1 unspecified atom stereocenters. The van der Waals surface area contributed by atoms with Crippen LogP contribution in [0.5, 0.6) is 5.75 Å². The molecule has 0 aliphatic heterocycles. The number of hydrogen-bond acceptors (Lipinski definition) is 3. The average Bonchev–Trinajstić information content (AvgIpc) is 2.79. The fourth-order valence-corrected chi connectivity index (χ4v) is 3.72. The van der Waals surface area contributed by atoms with Gasteiger partial charge in [0, 0.05) is 0 Å². The molecule has 2 aromatic carbocycles. The van der Waals surface area contributed by atoms with Gasteiger partial charge in [0.15, 0.2) is 0 Å². The normalized spacial score (nSPS) is 12.0. The van der Waals surface area contributed by atoms with E-state index in [1.807, 2.05) is 36.4 Å². The van der Waals surface area contributed by atoms with Gasteiger partial charge < -0.3 is 9.47 Å². The van der Waals surface area contributed by atoms with Crippen LogP contribution in [0, 0.1) is 11.8 Å². The number of carbonyl (C=O) groups excluding carboxylic acids is 1. The molecule has 3 heteroatoms. The molecule has 0 amide bonds. The van der Waals surface area contributed by atoms with Crippen LogP contribution in [0.3, 0.4) is 0 Å². The number of unbranched alkanes of at least 4 members (excludes halogenated alkanes) is 3. The lowest BCUT2D eigenvalue weighted by molar-refractivity contribution is 0.0483. The van der Waals surface area contributed by atoms with E-state index in [9.17, 15) is 4.79 Å². The van der Waals surface area contributed by atoms with Gasteiger partial charge in [0.2, 0.25) is 0 Å². The zero-order valence-electron chi connectivity index (χ0n) is 20.6. The molecule has 2 rings (SSSR count). The van der Waals surface area contributed by atoms with Gasteiger partial charge in [-0.25, -0.2) is 4.79 Å². The molecule has 176 valence electrons. The molecule has 0 fully saturated rings. The molecule has 1 atom stereocenters. The lowest BCUT2D eigenvalue weighted by atomic mass is 9.98. The lowest BCUT2D eigenvalue weighted by Crippen LogP contribution is -2.09. The van der Waals surface area contributed by atoms with Gasteiger partial charge in [-0.2, -0.15) is 0 Å². The monoisotopic (exact) mass is 438 g/mol. The summed E-state index contributed by atoms with van der Waals surface area (Å²) in [7, 11) is 0. The minimum atomic E-state index is -0.238. The smallest absolute Gasteiger partial charge is 0.338 e. The highest BCUT2D eigenvalue weighted by Gasteiger charge is 2.10. The maximum Gasteiger partial charge on any atom is 0.338 e. The van der Waals surface area contributed by atoms with Gasteiger partial charge in [-0.05, 0) is 60.1 Å². The summed E-state index contributed by atoms with van der Waals surface area (Å²) in [5.74, 6) is 2.02. The Balaban J connectivity index is 1.75. The Morgan fingerprint density at radius 2 is 1.41 bits per heavy atom. The summed E-state index contributed by atoms with van der Waals surface area (Å²) in [6.45, 7) is 10.2. The van der Waals surface area contributed by atoms with Crippen molar-refractivity contribution in [2.45, 2.75) is 79.1 Å². The highest BCUT2D eigenvalue weighted by Crippen LogP contribution is 2.23. The van der Waals surface area contributed by atoms with Crippen LogP contribution in [0.2, 0.25) is 0 Å². The first-order valence-electron chi connectivity index (χ1n) is 12.5. The molecule has 0 bridgehead atoms. The molecule has 32 heavy (non-hydrogen) atoms. The van der Waals surface area contributed by atoms with Gasteiger partial charge in [-0.3, -0.25) is 0 Å². The molecule has 2 aromatic rings. The van der Waals surface area contributed by atoms with Crippen molar-refractivity contribution in [3.8, 4) is 16.9 Å². The molecule has 0 radical (unpaired) electrons. The number of hydrogen-bond donors (Lipinski definition) is 0. The van der Waals surface area contributed by atoms with E-state index >= 15 is 0 Å². The van der Waals surface area contributed by atoms with Gasteiger partial charge in [-0.15, -0.1) is 0 Å². The zero-order chi connectivity index (χ0) is 23.2.